The zero-order valence-electron chi connectivity index (χ0n) is 14.9. The van der Waals surface area contributed by atoms with Gasteiger partial charge >= 0.3 is 0 Å². The second-order valence-electron chi connectivity index (χ2n) is 5.14. The number of benzene rings is 1. The summed E-state index contributed by atoms with van der Waals surface area (Å²) in [6.07, 6.45) is 3.12. The summed E-state index contributed by atoms with van der Waals surface area (Å²) < 4.78 is 21.1. The second kappa shape index (κ2) is 10.0. The van der Waals surface area contributed by atoms with Crippen molar-refractivity contribution < 1.29 is 23.4 Å². The number of furan rings is 1. The van der Waals surface area contributed by atoms with E-state index in [1.165, 1.54) is 20.4 Å². The molecule has 0 fully saturated rings. The monoisotopic (exact) mass is 392 g/mol. The summed E-state index contributed by atoms with van der Waals surface area (Å²) >= 11 is 5.13. The smallest absolute Gasteiger partial charge is 0.255 e. The molecule has 1 amide bonds. The molecule has 0 spiro atoms. The molecule has 0 radical (unpaired) electrons. The molecule has 4 N–H and O–H groups in total. The minimum atomic E-state index is -0.607. The number of nitrogens with zero attached hydrogens (tertiary/aromatic N) is 1. The molecule has 0 bridgehead atoms. The fourth-order valence-electron chi connectivity index (χ4n) is 2.05. The normalized spacial score (nSPS) is 10.4. The Hall–Kier alpha value is -3.27. The molecule has 0 atom stereocenters. The van der Waals surface area contributed by atoms with E-state index in [0.717, 1.165) is 5.76 Å². The lowest BCUT2D eigenvalue weighted by molar-refractivity contribution is -0.119. The van der Waals surface area contributed by atoms with Gasteiger partial charge in [0.2, 0.25) is 5.75 Å². The number of hydrazone groups is 1. The average Bonchev–Trinajstić information content (AvgIpc) is 3.18. The maximum atomic E-state index is 10.9. The van der Waals surface area contributed by atoms with Crippen LogP contribution in [-0.2, 0) is 11.3 Å². The van der Waals surface area contributed by atoms with Crippen molar-refractivity contribution in [3.8, 4) is 17.2 Å². The second-order valence-corrected chi connectivity index (χ2v) is 5.55. The van der Waals surface area contributed by atoms with Crippen molar-refractivity contribution in [1.29, 1.82) is 0 Å². The molecule has 1 heterocycles. The molecule has 0 saturated heterocycles. The van der Waals surface area contributed by atoms with E-state index < -0.39 is 5.91 Å². The Morgan fingerprint density at radius 2 is 2.04 bits per heavy atom. The van der Waals surface area contributed by atoms with Gasteiger partial charge < -0.3 is 29.7 Å². The van der Waals surface area contributed by atoms with Crippen molar-refractivity contribution in [2.24, 2.45) is 10.8 Å². The lowest BCUT2D eigenvalue weighted by Crippen LogP contribution is -2.31. The molecule has 0 aliphatic heterocycles. The molecular formula is C17H20N4O5S. The van der Waals surface area contributed by atoms with Crippen LogP contribution in [0.5, 0.6) is 17.2 Å². The van der Waals surface area contributed by atoms with Crippen LogP contribution in [0.25, 0.3) is 0 Å². The quantitative estimate of drug-likeness (QED) is 0.330. The maximum absolute atomic E-state index is 10.9. The van der Waals surface area contributed by atoms with Crippen LogP contribution in [0.1, 0.15) is 11.3 Å². The maximum Gasteiger partial charge on any atom is 0.255 e. The van der Waals surface area contributed by atoms with Crippen LogP contribution in [0.2, 0.25) is 0 Å². The lowest BCUT2D eigenvalue weighted by atomic mass is 10.2. The molecular weight excluding hydrogens is 372 g/mol. The number of hydrogen-bond acceptors (Lipinski definition) is 7. The number of nitrogens with one attached hydrogen (secondary N) is 2. The van der Waals surface area contributed by atoms with Crippen LogP contribution in [0.15, 0.2) is 40.0 Å². The molecule has 2 rings (SSSR count). The molecule has 1 aromatic heterocycles. The average molecular weight is 392 g/mol. The molecule has 1 aromatic carbocycles. The third-order valence-electron chi connectivity index (χ3n) is 3.22. The summed E-state index contributed by atoms with van der Waals surface area (Å²) in [5, 5.41) is 7.35. The van der Waals surface area contributed by atoms with E-state index in [4.69, 9.17) is 36.6 Å². The molecule has 10 heteroatoms. The summed E-state index contributed by atoms with van der Waals surface area (Å²) in [4.78, 5) is 10.9. The number of nitrogens with two attached hydrogens (primary N) is 1. The summed E-state index contributed by atoms with van der Waals surface area (Å²) in [6.45, 7) is 0.152. The number of amides is 1. The fourth-order valence-corrected chi connectivity index (χ4v) is 2.17. The highest BCUT2D eigenvalue weighted by atomic mass is 32.1. The van der Waals surface area contributed by atoms with Gasteiger partial charge in [-0.05, 0) is 36.5 Å². The van der Waals surface area contributed by atoms with Crippen molar-refractivity contribution in [2.45, 2.75) is 6.54 Å². The summed E-state index contributed by atoms with van der Waals surface area (Å²) in [5.41, 5.74) is 8.46. The van der Waals surface area contributed by atoms with Crippen molar-refractivity contribution in [2.75, 3.05) is 20.8 Å². The van der Waals surface area contributed by atoms with Gasteiger partial charge in [-0.15, -0.1) is 0 Å². The van der Waals surface area contributed by atoms with E-state index in [1.54, 1.807) is 24.5 Å². The number of carbonyl (C=O) groups is 1. The highest BCUT2D eigenvalue weighted by Crippen LogP contribution is 2.38. The third kappa shape index (κ3) is 6.19. The Bertz CT molecular complexity index is 783. The predicted octanol–water partition coefficient (Wildman–Crippen LogP) is 1.16. The molecule has 144 valence electrons. The van der Waals surface area contributed by atoms with Crippen molar-refractivity contribution in [3.63, 3.8) is 0 Å². The number of rotatable bonds is 9. The third-order valence-corrected chi connectivity index (χ3v) is 3.46. The van der Waals surface area contributed by atoms with Crippen LogP contribution < -0.4 is 30.7 Å². The van der Waals surface area contributed by atoms with Crippen LogP contribution in [-0.4, -0.2) is 38.1 Å². The van der Waals surface area contributed by atoms with Crippen LogP contribution in [0, 0.1) is 0 Å². The van der Waals surface area contributed by atoms with Crippen molar-refractivity contribution in [3.05, 3.63) is 41.9 Å². The van der Waals surface area contributed by atoms with E-state index in [2.05, 4.69) is 15.8 Å². The van der Waals surface area contributed by atoms with Crippen LogP contribution in [0.3, 0.4) is 0 Å². The molecule has 9 nitrogen and oxygen atoms in total. The van der Waals surface area contributed by atoms with Crippen molar-refractivity contribution >= 4 is 29.5 Å². The first-order valence-corrected chi connectivity index (χ1v) is 8.20. The SMILES string of the molecule is COc1cc(/C=N\NC(=S)NCc2ccco2)cc(OC)c1OCC(N)=O. The van der Waals surface area contributed by atoms with Crippen LogP contribution in [0.4, 0.5) is 0 Å². The van der Waals surface area contributed by atoms with Gasteiger partial charge in [-0.1, -0.05) is 0 Å². The number of ether oxygens (including phenoxy) is 3. The van der Waals surface area contributed by atoms with Gasteiger partial charge in [-0.25, -0.2) is 0 Å². The van der Waals surface area contributed by atoms with Gasteiger partial charge in [0, 0.05) is 5.56 Å². The molecule has 27 heavy (non-hydrogen) atoms. The van der Waals surface area contributed by atoms with Crippen molar-refractivity contribution in [1.82, 2.24) is 10.7 Å². The lowest BCUT2D eigenvalue weighted by Gasteiger charge is -2.14. The Morgan fingerprint density at radius 3 is 2.59 bits per heavy atom. The van der Waals surface area contributed by atoms with Gasteiger partial charge in [0.05, 0.1) is 33.2 Å². The van der Waals surface area contributed by atoms with E-state index in [9.17, 15) is 4.79 Å². The number of primary amides is 1. The Balaban J connectivity index is 2.01. The zero-order chi connectivity index (χ0) is 19.6. The van der Waals surface area contributed by atoms with Gasteiger partial charge in [-0.3, -0.25) is 10.2 Å². The summed E-state index contributed by atoms with van der Waals surface area (Å²) in [5.74, 6) is 1.17. The Kier molecular flexibility index (Phi) is 7.44. The fraction of sp³-hybridized carbons (Fsp3) is 0.235. The van der Waals surface area contributed by atoms with E-state index >= 15 is 0 Å². The molecule has 0 aliphatic rings. The standard InChI is InChI=1S/C17H20N4O5S/c1-23-13-6-11(7-14(24-2)16(13)26-10-15(18)22)8-20-21-17(27)19-9-12-4-3-5-25-12/h3-8H,9-10H2,1-2H3,(H2,18,22)(H2,19,21,27)/b20-8-. The first-order chi connectivity index (χ1) is 13.0. The van der Waals surface area contributed by atoms with Gasteiger partial charge in [-0.2, -0.15) is 5.10 Å². The summed E-state index contributed by atoms with van der Waals surface area (Å²) in [7, 11) is 2.94. The Labute approximate surface area is 161 Å². The molecule has 2 aromatic rings. The van der Waals surface area contributed by atoms with Gasteiger partial charge in [0.25, 0.3) is 5.91 Å². The van der Waals surface area contributed by atoms with E-state index in [1.807, 2.05) is 6.07 Å². The predicted molar refractivity (Wildman–Crippen MR) is 103 cm³/mol. The number of carbonyl (C=O) groups excluding carboxylic acids is 1. The highest BCUT2D eigenvalue weighted by molar-refractivity contribution is 7.80. The molecule has 0 saturated carbocycles. The molecule has 0 aliphatic carbocycles. The minimum Gasteiger partial charge on any atom is -0.493 e. The first-order valence-electron chi connectivity index (χ1n) is 7.80. The highest BCUT2D eigenvalue weighted by Gasteiger charge is 2.14. The van der Waals surface area contributed by atoms with Gasteiger partial charge in [0.15, 0.2) is 23.2 Å². The number of hydrogen-bond donors (Lipinski definition) is 3. The number of methoxy groups -OCH3 is 2. The first kappa shape index (κ1) is 20.0. The largest absolute Gasteiger partial charge is 0.493 e. The van der Waals surface area contributed by atoms with E-state index in [-0.39, 0.29) is 12.4 Å². The Morgan fingerprint density at radius 1 is 1.33 bits per heavy atom. The summed E-state index contributed by atoms with van der Waals surface area (Å²) in [6, 6.07) is 6.97. The van der Waals surface area contributed by atoms with Crippen LogP contribution >= 0.6 is 12.2 Å². The topological polar surface area (TPSA) is 120 Å². The van der Waals surface area contributed by atoms with E-state index in [0.29, 0.717) is 28.7 Å². The zero-order valence-corrected chi connectivity index (χ0v) is 15.7. The molecule has 0 unspecified atom stereocenters. The van der Waals surface area contributed by atoms with Gasteiger partial charge in [0.1, 0.15) is 5.76 Å². The number of thiocarbonyl (C=S) groups is 1. The minimum absolute atomic E-state index is 0.277.